The Morgan fingerprint density at radius 1 is 1.17 bits per heavy atom. The summed E-state index contributed by atoms with van der Waals surface area (Å²) >= 11 is 7.69. The van der Waals surface area contributed by atoms with Crippen molar-refractivity contribution in [3.05, 3.63) is 63.8 Å². The summed E-state index contributed by atoms with van der Waals surface area (Å²) in [5.74, 6) is 1.50. The maximum Gasteiger partial charge on any atom is 0.186 e. The molecule has 0 saturated carbocycles. The van der Waals surface area contributed by atoms with Crippen molar-refractivity contribution in [2.75, 3.05) is 5.32 Å². The molecule has 3 heterocycles. The molecule has 1 aromatic carbocycles. The Morgan fingerprint density at radius 3 is 2.88 bits per heavy atom. The van der Waals surface area contributed by atoms with Crippen LogP contribution in [0.15, 0.2) is 53.2 Å². The van der Waals surface area contributed by atoms with Crippen molar-refractivity contribution in [3.8, 4) is 11.4 Å². The van der Waals surface area contributed by atoms with Gasteiger partial charge < -0.3 is 5.32 Å². The third-order valence-corrected chi connectivity index (χ3v) is 4.67. The lowest BCUT2D eigenvalue weighted by atomic mass is 10.1. The number of halogens is 1. The van der Waals surface area contributed by atoms with Crippen LogP contribution in [0, 0.1) is 0 Å². The Balaban J connectivity index is 1.66. The summed E-state index contributed by atoms with van der Waals surface area (Å²) < 4.78 is 1.76. The second kappa shape index (κ2) is 6.22. The minimum atomic E-state index is 0.0785. The van der Waals surface area contributed by atoms with Gasteiger partial charge in [-0.05, 0) is 48.2 Å². The highest BCUT2D eigenvalue weighted by Gasteiger charge is 2.12. The number of nitrogens with one attached hydrogen (secondary N) is 1. The van der Waals surface area contributed by atoms with Gasteiger partial charge in [-0.15, -0.1) is 15.3 Å². The summed E-state index contributed by atoms with van der Waals surface area (Å²) in [7, 11) is 0. The zero-order chi connectivity index (χ0) is 16.5. The summed E-state index contributed by atoms with van der Waals surface area (Å²) in [5, 5.41) is 21.2. The van der Waals surface area contributed by atoms with Gasteiger partial charge in [0.15, 0.2) is 11.5 Å². The molecule has 0 unspecified atom stereocenters. The number of fused-ring (bicyclic) bond motifs is 1. The third kappa shape index (κ3) is 2.86. The van der Waals surface area contributed by atoms with Crippen LogP contribution in [0.25, 0.3) is 17.0 Å². The summed E-state index contributed by atoms with van der Waals surface area (Å²) in [6.07, 6.45) is 0. The van der Waals surface area contributed by atoms with Crippen LogP contribution in [0.5, 0.6) is 0 Å². The van der Waals surface area contributed by atoms with Crippen LogP contribution in [0.4, 0.5) is 5.82 Å². The molecule has 4 rings (SSSR count). The lowest BCUT2D eigenvalue weighted by molar-refractivity contribution is 0.847. The molecule has 0 amide bonds. The van der Waals surface area contributed by atoms with E-state index in [1.165, 1.54) is 0 Å². The number of thiophene rings is 1. The van der Waals surface area contributed by atoms with Gasteiger partial charge in [-0.3, -0.25) is 0 Å². The zero-order valence-corrected chi connectivity index (χ0v) is 14.4. The fourth-order valence-corrected chi connectivity index (χ4v) is 3.35. The van der Waals surface area contributed by atoms with E-state index in [0.717, 1.165) is 33.4 Å². The Labute approximate surface area is 147 Å². The van der Waals surface area contributed by atoms with Gasteiger partial charge in [-0.1, -0.05) is 23.7 Å². The van der Waals surface area contributed by atoms with E-state index in [-0.39, 0.29) is 6.04 Å². The van der Waals surface area contributed by atoms with Crippen molar-refractivity contribution in [1.29, 1.82) is 0 Å². The van der Waals surface area contributed by atoms with E-state index < -0.39 is 0 Å². The number of hydrogen-bond donors (Lipinski definition) is 1. The first kappa shape index (κ1) is 15.1. The quantitative estimate of drug-likeness (QED) is 0.577. The SMILES string of the molecule is C[C@@H](Nc1ccc2nnc(-c3ccsc3)n2n1)c1cccc(Cl)c1. The zero-order valence-electron chi connectivity index (χ0n) is 12.8. The van der Waals surface area contributed by atoms with E-state index >= 15 is 0 Å². The Hall–Kier alpha value is -2.44. The predicted octanol–water partition coefficient (Wildman–Crippen LogP) is 4.68. The van der Waals surface area contributed by atoms with Crippen molar-refractivity contribution < 1.29 is 0 Å². The molecule has 4 aromatic rings. The highest BCUT2D eigenvalue weighted by atomic mass is 35.5. The number of benzene rings is 1. The number of rotatable bonds is 4. The van der Waals surface area contributed by atoms with Crippen molar-refractivity contribution >= 4 is 34.4 Å². The number of nitrogens with zero attached hydrogens (tertiary/aromatic N) is 4. The molecule has 7 heteroatoms. The standard InChI is InChI=1S/C17H14ClN5S/c1-11(12-3-2-4-14(18)9-12)19-15-5-6-16-20-21-17(23(16)22-15)13-7-8-24-10-13/h2-11H,1H3,(H,19,22)/t11-/m1/s1. The van der Waals surface area contributed by atoms with E-state index in [4.69, 9.17) is 11.6 Å². The molecule has 1 atom stereocenters. The van der Waals surface area contributed by atoms with Gasteiger partial charge in [0.2, 0.25) is 0 Å². The van der Waals surface area contributed by atoms with Gasteiger partial charge in [0.25, 0.3) is 0 Å². The summed E-state index contributed by atoms with van der Waals surface area (Å²) in [5.41, 5.74) is 2.84. The normalized spacial score (nSPS) is 12.4. The smallest absolute Gasteiger partial charge is 0.186 e. The second-order valence-electron chi connectivity index (χ2n) is 5.45. The Kier molecular flexibility index (Phi) is 3.92. The van der Waals surface area contributed by atoms with E-state index in [9.17, 15) is 0 Å². The largest absolute Gasteiger partial charge is 0.362 e. The minimum absolute atomic E-state index is 0.0785. The van der Waals surface area contributed by atoms with Gasteiger partial charge in [0, 0.05) is 16.0 Å². The lowest BCUT2D eigenvalue weighted by Crippen LogP contribution is -2.09. The fraction of sp³-hybridized carbons (Fsp3) is 0.118. The Bertz CT molecular complexity index is 980. The molecular formula is C17H14ClN5S. The maximum absolute atomic E-state index is 6.07. The van der Waals surface area contributed by atoms with Crippen molar-refractivity contribution in [1.82, 2.24) is 19.8 Å². The van der Waals surface area contributed by atoms with Crippen LogP contribution in [0.1, 0.15) is 18.5 Å². The van der Waals surface area contributed by atoms with E-state index in [1.54, 1.807) is 15.9 Å². The molecule has 3 aromatic heterocycles. The summed E-state index contributed by atoms with van der Waals surface area (Å²) in [6.45, 7) is 2.07. The van der Waals surface area contributed by atoms with Gasteiger partial charge in [0.05, 0.1) is 6.04 Å². The molecule has 0 aliphatic carbocycles. The molecule has 0 fully saturated rings. The van der Waals surface area contributed by atoms with Crippen LogP contribution < -0.4 is 5.32 Å². The van der Waals surface area contributed by atoms with E-state index in [0.29, 0.717) is 0 Å². The maximum atomic E-state index is 6.07. The topological polar surface area (TPSA) is 55.1 Å². The Morgan fingerprint density at radius 2 is 2.08 bits per heavy atom. The first-order chi connectivity index (χ1) is 11.7. The van der Waals surface area contributed by atoms with E-state index in [2.05, 4.69) is 27.5 Å². The van der Waals surface area contributed by atoms with Crippen LogP contribution in [-0.2, 0) is 0 Å². The third-order valence-electron chi connectivity index (χ3n) is 3.76. The molecule has 120 valence electrons. The lowest BCUT2D eigenvalue weighted by Gasteiger charge is -2.15. The van der Waals surface area contributed by atoms with Crippen molar-refractivity contribution in [2.45, 2.75) is 13.0 Å². The molecule has 5 nitrogen and oxygen atoms in total. The van der Waals surface area contributed by atoms with Crippen LogP contribution in [-0.4, -0.2) is 19.8 Å². The van der Waals surface area contributed by atoms with Gasteiger partial charge in [-0.25, -0.2) is 0 Å². The molecule has 0 aliphatic heterocycles. The predicted molar refractivity (Wildman–Crippen MR) is 97.6 cm³/mol. The highest BCUT2D eigenvalue weighted by molar-refractivity contribution is 7.08. The van der Waals surface area contributed by atoms with Gasteiger partial charge in [0.1, 0.15) is 5.82 Å². The molecular weight excluding hydrogens is 342 g/mol. The molecule has 0 radical (unpaired) electrons. The highest BCUT2D eigenvalue weighted by Crippen LogP contribution is 2.23. The number of hydrogen-bond acceptors (Lipinski definition) is 5. The average Bonchev–Trinajstić information content (AvgIpc) is 3.23. The molecule has 0 bridgehead atoms. The molecule has 1 N–H and O–H groups in total. The van der Waals surface area contributed by atoms with Crippen LogP contribution >= 0.6 is 22.9 Å². The monoisotopic (exact) mass is 355 g/mol. The molecule has 0 aliphatic rings. The molecule has 24 heavy (non-hydrogen) atoms. The average molecular weight is 356 g/mol. The van der Waals surface area contributed by atoms with Gasteiger partial charge in [-0.2, -0.15) is 15.9 Å². The minimum Gasteiger partial charge on any atom is -0.362 e. The number of anilines is 1. The number of aromatic nitrogens is 4. The molecule has 0 saturated heterocycles. The van der Waals surface area contributed by atoms with Crippen LogP contribution in [0.2, 0.25) is 5.02 Å². The van der Waals surface area contributed by atoms with Gasteiger partial charge >= 0.3 is 0 Å². The van der Waals surface area contributed by atoms with Crippen molar-refractivity contribution in [3.63, 3.8) is 0 Å². The fourth-order valence-electron chi connectivity index (χ4n) is 2.52. The second-order valence-corrected chi connectivity index (χ2v) is 6.66. The first-order valence-corrected chi connectivity index (χ1v) is 8.80. The van der Waals surface area contributed by atoms with E-state index in [1.807, 2.05) is 53.2 Å². The molecule has 0 spiro atoms. The first-order valence-electron chi connectivity index (χ1n) is 7.48. The summed E-state index contributed by atoms with van der Waals surface area (Å²) in [6, 6.07) is 13.7. The van der Waals surface area contributed by atoms with Crippen molar-refractivity contribution in [2.24, 2.45) is 0 Å². The van der Waals surface area contributed by atoms with Crippen LogP contribution in [0.3, 0.4) is 0 Å². The summed E-state index contributed by atoms with van der Waals surface area (Å²) in [4.78, 5) is 0.